The lowest BCUT2D eigenvalue weighted by atomic mass is 10.2. The molecular weight excluding hydrogens is 291 g/mol. The Morgan fingerprint density at radius 1 is 1.50 bits per heavy atom. The van der Waals surface area contributed by atoms with Crippen molar-refractivity contribution in [3.8, 4) is 11.8 Å². The van der Waals surface area contributed by atoms with Gasteiger partial charge in [0.25, 0.3) is 0 Å². The minimum absolute atomic E-state index is 0.379. The first-order chi connectivity index (χ1) is 6.70. The Bertz CT molecular complexity index is 258. The van der Waals surface area contributed by atoms with Gasteiger partial charge in [0.05, 0.1) is 6.61 Å². The molecule has 78 valence electrons. The van der Waals surface area contributed by atoms with E-state index in [0.29, 0.717) is 6.61 Å². The van der Waals surface area contributed by atoms with E-state index in [4.69, 9.17) is 0 Å². The first-order valence-corrected chi connectivity index (χ1v) is 5.81. The number of unbranched alkanes of at least 4 members (excludes halogenated alkanes) is 1. The van der Waals surface area contributed by atoms with Crippen molar-refractivity contribution in [2.24, 2.45) is 0 Å². The number of carbonyl (C=O) groups excluding carboxylic acids is 1. The number of allylic oxidation sites excluding steroid dienone is 2. The van der Waals surface area contributed by atoms with Crippen LogP contribution in [0, 0.1) is 11.8 Å². The Balaban J connectivity index is 3.92. The van der Waals surface area contributed by atoms with Gasteiger partial charge in [-0.15, -0.1) is 0 Å². The molecule has 0 amide bonds. The van der Waals surface area contributed by atoms with Crippen molar-refractivity contribution in [2.45, 2.75) is 33.1 Å². The number of hydrogen-bond donors (Lipinski definition) is 0. The SMILES string of the molecule is CCCCC(I)=CC#CC(=O)OCC. The Morgan fingerprint density at radius 2 is 2.21 bits per heavy atom. The summed E-state index contributed by atoms with van der Waals surface area (Å²) >= 11 is 2.24. The third kappa shape index (κ3) is 8.11. The lowest BCUT2D eigenvalue weighted by Gasteiger charge is -1.93. The molecule has 0 fully saturated rings. The Morgan fingerprint density at radius 3 is 2.79 bits per heavy atom. The highest BCUT2D eigenvalue weighted by molar-refractivity contribution is 14.1. The fourth-order valence-corrected chi connectivity index (χ4v) is 1.30. The van der Waals surface area contributed by atoms with Crippen molar-refractivity contribution >= 4 is 28.6 Å². The smallest absolute Gasteiger partial charge is 0.384 e. The zero-order valence-corrected chi connectivity index (χ0v) is 10.8. The van der Waals surface area contributed by atoms with E-state index < -0.39 is 5.97 Å². The van der Waals surface area contributed by atoms with Crippen LogP contribution < -0.4 is 0 Å². The molecule has 0 aliphatic heterocycles. The summed E-state index contributed by atoms with van der Waals surface area (Å²) in [7, 11) is 0. The van der Waals surface area contributed by atoms with E-state index in [1.165, 1.54) is 10.0 Å². The second kappa shape index (κ2) is 9.07. The largest absolute Gasteiger partial charge is 0.456 e. The van der Waals surface area contributed by atoms with Crippen LogP contribution in [0.5, 0.6) is 0 Å². The van der Waals surface area contributed by atoms with Crippen LogP contribution in [-0.2, 0) is 9.53 Å². The average Bonchev–Trinajstić information content (AvgIpc) is 2.15. The molecule has 0 unspecified atom stereocenters. The number of halogens is 1. The summed E-state index contributed by atoms with van der Waals surface area (Å²) in [6.45, 7) is 4.29. The van der Waals surface area contributed by atoms with E-state index in [1.54, 1.807) is 13.0 Å². The summed E-state index contributed by atoms with van der Waals surface area (Å²) in [6, 6.07) is 0. The van der Waals surface area contributed by atoms with Gasteiger partial charge in [-0.1, -0.05) is 19.3 Å². The van der Waals surface area contributed by atoms with Gasteiger partial charge in [0.1, 0.15) is 0 Å². The molecule has 0 aromatic heterocycles. The zero-order chi connectivity index (χ0) is 10.8. The molecule has 0 aliphatic rings. The molecule has 14 heavy (non-hydrogen) atoms. The van der Waals surface area contributed by atoms with Crippen LogP contribution in [0.1, 0.15) is 33.1 Å². The van der Waals surface area contributed by atoms with E-state index in [2.05, 4.69) is 46.1 Å². The van der Waals surface area contributed by atoms with E-state index in [9.17, 15) is 4.79 Å². The highest BCUT2D eigenvalue weighted by Crippen LogP contribution is 2.13. The maximum atomic E-state index is 10.8. The summed E-state index contributed by atoms with van der Waals surface area (Å²) in [5.74, 6) is 4.63. The second-order valence-corrected chi connectivity index (χ2v) is 4.07. The van der Waals surface area contributed by atoms with Gasteiger partial charge in [0, 0.05) is 5.92 Å². The van der Waals surface area contributed by atoms with E-state index in [1.807, 2.05) is 0 Å². The molecule has 0 aromatic carbocycles. The molecule has 0 heterocycles. The van der Waals surface area contributed by atoms with Gasteiger partial charge >= 0.3 is 5.97 Å². The van der Waals surface area contributed by atoms with Crippen LogP contribution in [0.4, 0.5) is 0 Å². The third-order valence-corrected chi connectivity index (χ3v) is 2.30. The van der Waals surface area contributed by atoms with Crippen molar-refractivity contribution < 1.29 is 9.53 Å². The third-order valence-electron chi connectivity index (χ3n) is 1.45. The van der Waals surface area contributed by atoms with E-state index >= 15 is 0 Å². The van der Waals surface area contributed by atoms with Crippen molar-refractivity contribution in [1.82, 2.24) is 0 Å². The molecule has 0 saturated heterocycles. The van der Waals surface area contributed by atoms with Gasteiger partial charge in [-0.3, -0.25) is 0 Å². The summed E-state index contributed by atoms with van der Waals surface area (Å²) in [5, 5.41) is 0. The monoisotopic (exact) mass is 306 g/mol. The molecule has 0 aromatic rings. The quantitative estimate of drug-likeness (QED) is 0.345. The molecule has 0 saturated carbocycles. The fourth-order valence-electron chi connectivity index (χ4n) is 0.758. The average molecular weight is 306 g/mol. The molecule has 0 N–H and O–H groups in total. The van der Waals surface area contributed by atoms with Gasteiger partial charge < -0.3 is 4.74 Å². The normalized spacial score (nSPS) is 10.4. The number of carbonyl (C=O) groups is 1. The van der Waals surface area contributed by atoms with E-state index in [-0.39, 0.29) is 0 Å². The van der Waals surface area contributed by atoms with E-state index in [0.717, 1.165) is 12.8 Å². The van der Waals surface area contributed by atoms with Crippen LogP contribution >= 0.6 is 22.6 Å². The summed E-state index contributed by atoms with van der Waals surface area (Å²) in [5.41, 5.74) is 0. The minimum Gasteiger partial charge on any atom is -0.456 e. The molecule has 0 bridgehead atoms. The maximum Gasteiger partial charge on any atom is 0.384 e. The number of rotatable bonds is 4. The summed E-state index contributed by atoms with van der Waals surface area (Å²) in [4.78, 5) is 10.8. The summed E-state index contributed by atoms with van der Waals surface area (Å²) in [6.07, 6.45) is 5.14. The fraction of sp³-hybridized carbons (Fsp3) is 0.545. The zero-order valence-electron chi connectivity index (χ0n) is 8.60. The molecule has 0 radical (unpaired) electrons. The van der Waals surface area contributed by atoms with Crippen LogP contribution in [0.3, 0.4) is 0 Å². The minimum atomic E-state index is -0.455. The highest BCUT2D eigenvalue weighted by Gasteiger charge is 1.91. The van der Waals surface area contributed by atoms with Crippen molar-refractivity contribution in [2.75, 3.05) is 6.61 Å². The molecule has 3 heteroatoms. The van der Waals surface area contributed by atoms with Crippen LogP contribution in [-0.4, -0.2) is 12.6 Å². The first-order valence-electron chi connectivity index (χ1n) is 4.73. The lowest BCUT2D eigenvalue weighted by Crippen LogP contribution is -1.99. The standard InChI is InChI=1S/C11H15IO2/c1-3-5-7-10(12)8-6-9-11(13)14-4-2/h8H,3-5,7H2,1-2H3. The van der Waals surface area contributed by atoms with Gasteiger partial charge in [-0.05, 0) is 52.0 Å². The maximum absolute atomic E-state index is 10.8. The van der Waals surface area contributed by atoms with Crippen molar-refractivity contribution in [3.05, 3.63) is 9.66 Å². The molecule has 0 rings (SSSR count). The molecule has 2 nitrogen and oxygen atoms in total. The van der Waals surface area contributed by atoms with Crippen molar-refractivity contribution in [1.29, 1.82) is 0 Å². The van der Waals surface area contributed by atoms with Crippen LogP contribution in [0.15, 0.2) is 9.66 Å². The van der Waals surface area contributed by atoms with Gasteiger partial charge in [0.15, 0.2) is 0 Å². The second-order valence-electron chi connectivity index (χ2n) is 2.68. The molecule has 0 atom stereocenters. The van der Waals surface area contributed by atoms with Crippen LogP contribution in [0.2, 0.25) is 0 Å². The number of esters is 1. The van der Waals surface area contributed by atoms with Gasteiger partial charge in [-0.2, -0.15) is 0 Å². The molecular formula is C11H15IO2. The van der Waals surface area contributed by atoms with Gasteiger partial charge in [-0.25, -0.2) is 4.79 Å². The lowest BCUT2D eigenvalue weighted by molar-refractivity contribution is -0.136. The highest BCUT2D eigenvalue weighted by atomic mass is 127. The number of hydrogen-bond acceptors (Lipinski definition) is 2. The predicted octanol–water partition coefficient (Wildman–Crippen LogP) is 3.06. The Kier molecular flexibility index (Phi) is 8.75. The van der Waals surface area contributed by atoms with Gasteiger partial charge in [0.2, 0.25) is 0 Å². The Labute approximate surface area is 99.2 Å². The van der Waals surface area contributed by atoms with Crippen molar-refractivity contribution in [3.63, 3.8) is 0 Å². The topological polar surface area (TPSA) is 26.3 Å². The number of ether oxygens (including phenoxy) is 1. The summed E-state index contributed by atoms with van der Waals surface area (Å²) < 4.78 is 5.84. The predicted molar refractivity (Wildman–Crippen MR) is 66.0 cm³/mol. The molecule has 0 spiro atoms. The van der Waals surface area contributed by atoms with Crippen LogP contribution in [0.25, 0.3) is 0 Å². The molecule has 0 aliphatic carbocycles. The first kappa shape index (κ1) is 13.5. The Hall–Kier alpha value is -0.500.